The highest BCUT2D eigenvalue weighted by Gasteiger charge is 2.42. The van der Waals surface area contributed by atoms with Gasteiger partial charge in [-0.25, -0.2) is 0 Å². The molecule has 1 fully saturated rings. The molecule has 1 aliphatic rings. The Bertz CT molecular complexity index is 1090. The molecule has 2 amide bonds. The molecule has 5 nitrogen and oxygen atoms in total. The number of aromatic nitrogens is 1. The third-order valence-electron chi connectivity index (χ3n) is 5.93. The molecule has 0 spiro atoms. The van der Waals surface area contributed by atoms with E-state index in [0.717, 1.165) is 27.6 Å². The van der Waals surface area contributed by atoms with E-state index in [-0.39, 0.29) is 11.8 Å². The minimum Gasteiger partial charge on any atom is -0.361 e. The summed E-state index contributed by atoms with van der Waals surface area (Å²) in [5.41, 5.74) is 4.19. The molecule has 4 rings (SSSR count). The Morgan fingerprint density at radius 3 is 2.31 bits per heavy atom. The van der Waals surface area contributed by atoms with E-state index in [2.05, 4.69) is 18.0 Å². The highest BCUT2D eigenvalue weighted by Crippen LogP contribution is 2.27. The molecule has 2 aromatic carbocycles. The lowest BCUT2D eigenvalue weighted by molar-refractivity contribution is -0.158. The van der Waals surface area contributed by atoms with Crippen LogP contribution >= 0.6 is 11.6 Å². The number of hydrogen-bond acceptors (Lipinski definition) is 2. The minimum atomic E-state index is -0.521. The standard InChI is InChI=1S/C23H24ClN3O2/c1-14-6-4-9-18-21(14)16(13-25-18)12-20-23(29)26(2)19(22(28)27(20)3)11-15-7-5-8-17(24)10-15/h4-10,13,19-20,25H,11-12H2,1-3H3/t19-,20-/m0/s1. The van der Waals surface area contributed by atoms with Crippen molar-refractivity contribution in [3.05, 3.63) is 70.4 Å². The molecule has 1 N–H and O–H groups in total. The van der Waals surface area contributed by atoms with Crippen LogP contribution < -0.4 is 0 Å². The number of fused-ring (bicyclic) bond motifs is 1. The highest BCUT2D eigenvalue weighted by atomic mass is 35.5. The van der Waals surface area contributed by atoms with Crippen LogP contribution in [0.4, 0.5) is 0 Å². The predicted molar refractivity (Wildman–Crippen MR) is 115 cm³/mol. The summed E-state index contributed by atoms with van der Waals surface area (Å²) in [6.45, 7) is 2.06. The number of carbonyl (C=O) groups excluding carboxylic acids is 2. The lowest BCUT2D eigenvalue weighted by Gasteiger charge is -2.42. The van der Waals surface area contributed by atoms with Gasteiger partial charge in [-0.2, -0.15) is 0 Å². The van der Waals surface area contributed by atoms with Crippen molar-refractivity contribution in [2.45, 2.75) is 31.8 Å². The quantitative estimate of drug-likeness (QED) is 0.716. The van der Waals surface area contributed by atoms with Crippen LogP contribution in [0, 0.1) is 6.92 Å². The van der Waals surface area contributed by atoms with Gasteiger partial charge < -0.3 is 14.8 Å². The highest BCUT2D eigenvalue weighted by molar-refractivity contribution is 6.30. The number of aromatic amines is 1. The smallest absolute Gasteiger partial charge is 0.246 e. The van der Waals surface area contributed by atoms with Crippen LogP contribution in [0.2, 0.25) is 5.02 Å². The molecule has 0 unspecified atom stereocenters. The first-order valence-electron chi connectivity index (χ1n) is 9.70. The van der Waals surface area contributed by atoms with Crippen LogP contribution in [0.15, 0.2) is 48.7 Å². The predicted octanol–water partition coefficient (Wildman–Crippen LogP) is 3.58. The van der Waals surface area contributed by atoms with Crippen LogP contribution in [0.3, 0.4) is 0 Å². The lowest BCUT2D eigenvalue weighted by Crippen LogP contribution is -2.63. The maximum Gasteiger partial charge on any atom is 0.246 e. The molecule has 2 atom stereocenters. The summed E-state index contributed by atoms with van der Waals surface area (Å²) in [6.07, 6.45) is 2.88. The molecule has 0 aliphatic carbocycles. The molecular weight excluding hydrogens is 386 g/mol. The van der Waals surface area contributed by atoms with Gasteiger partial charge >= 0.3 is 0 Å². The van der Waals surface area contributed by atoms with E-state index in [0.29, 0.717) is 17.9 Å². The molecule has 1 aromatic heterocycles. The van der Waals surface area contributed by atoms with Gasteiger partial charge in [0.15, 0.2) is 0 Å². The maximum atomic E-state index is 13.2. The number of nitrogens with zero attached hydrogens (tertiary/aromatic N) is 2. The van der Waals surface area contributed by atoms with Crippen molar-refractivity contribution in [2.24, 2.45) is 0 Å². The van der Waals surface area contributed by atoms with Crippen molar-refractivity contribution in [3.8, 4) is 0 Å². The summed E-state index contributed by atoms with van der Waals surface area (Å²) < 4.78 is 0. The monoisotopic (exact) mass is 409 g/mol. The van der Waals surface area contributed by atoms with Gasteiger partial charge in [-0.1, -0.05) is 35.9 Å². The van der Waals surface area contributed by atoms with Crippen molar-refractivity contribution >= 4 is 34.3 Å². The minimum absolute atomic E-state index is 0.0398. The van der Waals surface area contributed by atoms with E-state index in [4.69, 9.17) is 11.6 Å². The van der Waals surface area contributed by atoms with E-state index in [1.165, 1.54) is 0 Å². The number of likely N-dealkylation sites (N-methyl/N-ethyl adjacent to an activating group) is 2. The number of halogens is 1. The van der Waals surface area contributed by atoms with Crippen molar-refractivity contribution in [1.29, 1.82) is 0 Å². The van der Waals surface area contributed by atoms with Gasteiger partial charge in [0.25, 0.3) is 0 Å². The number of carbonyl (C=O) groups is 2. The second-order valence-corrected chi connectivity index (χ2v) is 8.22. The molecule has 150 valence electrons. The zero-order chi connectivity index (χ0) is 20.7. The van der Waals surface area contributed by atoms with Gasteiger partial charge in [-0.05, 0) is 41.8 Å². The molecule has 6 heteroatoms. The van der Waals surface area contributed by atoms with Gasteiger partial charge in [-0.15, -0.1) is 0 Å². The van der Waals surface area contributed by atoms with Crippen molar-refractivity contribution < 1.29 is 9.59 Å². The molecular formula is C23H24ClN3O2. The van der Waals surface area contributed by atoms with Gasteiger partial charge in [-0.3, -0.25) is 9.59 Å². The number of H-pyrrole nitrogens is 1. The topological polar surface area (TPSA) is 56.4 Å². The zero-order valence-corrected chi connectivity index (χ0v) is 17.5. The number of hydrogen-bond donors (Lipinski definition) is 1. The number of nitrogens with one attached hydrogen (secondary N) is 1. The Morgan fingerprint density at radius 2 is 1.62 bits per heavy atom. The van der Waals surface area contributed by atoms with Crippen LogP contribution in [-0.4, -0.2) is 52.8 Å². The third-order valence-corrected chi connectivity index (χ3v) is 6.16. The second kappa shape index (κ2) is 7.56. The molecule has 1 aliphatic heterocycles. The molecule has 0 radical (unpaired) electrons. The molecule has 0 bridgehead atoms. The fourth-order valence-corrected chi connectivity index (χ4v) is 4.48. The Balaban J connectivity index is 1.59. The summed E-state index contributed by atoms with van der Waals surface area (Å²) in [5, 5.41) is 1.76. The SMILES string of the molecule is Cc1cccc2[nH]cc(C[C@H]3C(=O)N(C)[C@@H](Cc4cccc(Cl)c4)C(=O)N3C)c12. The fraction of sp³-hybridized carbons (Fsp3) is 0.304. The fourth-order valence-electron chi connectivity index (χ4n) is 4.26. The summed E-state index contributed by atoms with van der Waals surface area (Å²) in [5.74, 6) is -0.0873. The largest absolute Gasteiger partial charge is 0.361 e. The number of aryl methyl sites for hydroxylation is 1. The van der Waals surface area contributed by atoms with E-state index < -0.39 is 12.1 Å². The average Bonchev–Trinajstić information content (AvgIpc) is 3.11. The van der Waals surface area contributed by atoms with Gasteiger partial charge in [0.1, 0.15) is 12.1 Å². The maximum absolute atomic E-state index is 13.2. The average molecular weight is 410 g/mol. The Labute approximate surface area is 175 Å². The molecule has 1 saturated heterocycles. The van der Waals surface area contributed by atoms with E-state index in [1.54, 1.807) is 30.0 Å². The first kappa shape index (κ1) is 19.5. The van der Waals surface area contributed by atoms with Crippen LogP contribution in [0.1, 0.15) is 16.7 Å². The first-order valence-corrected chi connectivity index (χ1v) is 10.1. The first-order chi connectivity index (χ1) is 13.9. The lowest BCUT2D eigenvalue weighted by atomic mass is 9.95. The summed E-state index contributed by atoms with van der Waals surface area (Å²) in [4.78, 5) is 32.8. The zero-order valence-electron chi connectivity index (χ0n) is 16.8. The Hall–Kier alpha value is -2.79. The summed E-state index contributed by atoms with van der Waals surface area (Å²) in [7, 11) is 3.44. The second-order valence-electron chi connectivity index (χ2n) is 7.78. The number of piperazine rings is 1. The molecule has 29 heavy (non-hydrogen) atoms. The van der Waals surface area contributed by atoms with Gasteiger partial charge in [0.05, 0.1) is 0 Å². The number of amides is 2. The van der Waals surface area contributed by atoms with Gasteiger partial charge in [0.2, 0.25) is 11.8 Å². The van der Waals surface area contributed by atoms with Crippen molar-refractivity contribution in [2.75, 3.05) is 14.1 Å². The van der Waals surface area contributed by atoms with Crippen LogP contribution in [-0.2, 0) is 22.4 Å². The van der Waals surface area contributed by atoms with Crippen LogP contribution in [0.25, 0.3) is 10.9 Å². The summed E-state index contributed by atoms with van der Waals surface area (Å²) >= 11 is 6.08. The molecule has 2 heterocycles. The normalized spacial score (nSPS) is 20.0. The van der Waals surface area contributed by atoms with Crippen molar-refractivity contribution in [3.63, 3.8) is 0 Å². The van der Waals surface area contributed by atoms with Crippen molar-refractivity contribution in [1.82, 2.24) is 14.8 Å². The number of rotatable bonds is 4. The Morgan fingerprint density at radius 1 is 0.966 bits per heavy atom. The number of benzene rings is 2. The Kier molecular flexibility index (Phi) is 5.09. The van der Waals surface area contributed by atoms with Gasteiger partial charge in [0, 0.05) is 49.1 Å². The molecule has 0 saturated carbocycles. The van der Waals surface area contributed by atoms with E-state index in [1.807, 2.05) is 36.5 Å². The summed E-state index contributed by atoms with van der Waals surface area (Å²) in [6, 6.07) is 12.5. The van der Waals surface area contributed by atoms with E-state index in [9.17, 15) is 9.59 Å². The van der Waals surface area contributed by atoms with Crippen LogP contribution in [0.5, 0.6) is 0 Å². The molecule has 3 aromatic rings. The van der Waals surface area contributed by atoms with E-state index >= 15 is 0 Å². The third kappa shape index (κ3) is 3.51.